The van der Waals surface area contributed by atoms with Crippen LogP contribution in [0.3, 0.4) is 0 Å². The largest absolute Gasteiger partial charge is 0.368 e. The van der Waals surface area contributed by atoms with Gasteiger partial charge in [0.25, 0.3) is 0 Å². The SMILES string of the molecule is CN(C)CCNc1ncnc2c1CCC2. The number of likely N-dealkylation sites (N-methyl/N-ethyl adjacent to an activating group) is 1. The van der Waals surface area contributed by atoms with Gasteiger partial charge in [0.1, 0.15) is 12.1 Å². The van der Waals surface area contributed by atoms with Crippen molar-refractivity contribution < 1.29 is 0 Å². The Labute approximate surface area is 90.7 Å². The maximum Gasteiger partial charge on any atom is 0.132 e. The fraction of sp³-hybridized carbons (Fsp3) is 0.636. The van der Waals surface area contributed by atoms with E-state index in [0.29, 0.717) is 0 Å². The average Bonchev–Trinajstić information content (AvgIpc) is 2.65. The monoisotopic (exact) mass is 206 g/mol. The summed E-state index contributed by atoms with van der Waals surface area (Å²) in [7, 11) is 4.15. The highest BCUT2D eigenvalue weighted by atomic mass is 15.1. The molecule has 1 aliphatic rings. The molecule has 82 valence electrons. The molecule has 0 amide bonds. The van der Waals surface area contributed by atoms with Gasteiger partial charge >= 0.3 is 0 Å². The van der Waals surface area contributed by atoms with Gasteiger partial charge in [-0.3, -0.25) is 0 Å². The van der Waals surface area contributed by atoms with Gasteiger partial charge in [-0.15, -0.1) is 0 Å². The van der Waals surface area contributed by atoms with E-state index in [-0.39, 0.29) is 0 Å². The molecule has 15 heavy (non-hydrogen) atoms. The zero-order valence-corrected chi connectivity index (χ0v) is 9.45. The minimum absolute atomic E-state index is 0.941. The Bertz CT molecular complexity index is 335. The number of nitrogens with zero attached hydrogens (tertiary/aromatic N) is 3. The first kappa shape index (κ1) is 10.4. The Kier molecular flexibility index (Phi) is 3.16. The number of nitrogens with one attached hydrogen (secondary N) is 1. The van der Waals surface area contributed by atoms with Crippen LogP contribution < -0.4 is 5.32 Å². The molecular weight excluding hydrogens is 188 g/mol. The van der Waals surface area contributed by atoms with E-state index < -0.39 is 0 Å². The normalized spacial score (nSPS) is 14.3. The van der Waals surface area contributed by atoms with E-state index in [2.05, 4.69) is 34.3 Å². The van der Waals surface area contributed by atoms with Gasteiger partial charge < -0.3 is 10.2 Å². The molecule has 0 aromatic carbocycles. The van der Waals surface area contributed by atoms with Gasteiger partial charge in [-0.25, -0.2) is 9.97 Å². The molecule has 4 nitrogen and oxygen atoms in total. The molecule has 0 unspecified atom stereocenters. The lowest BCUT2D eigenvalue weighted by molar-refractivity contribution is 0.425. The second-order valence-electron chi connectivity index (χ2n) is 4.23. The molecule has 0 saturated carbocycles. The van der Waals surface area contributed by atoms with Gasteiger partial charge in [-0.1, -0.05) is 0 Å². The Morgan fingerprint density at radius 3 is 3.00 bits per heavy atom. The van der Waals surface area contributed by atoms with E-state index in [1.54, 1.807) is 6.33 Å². The number of aromatic nitrogens is 2. The lowest BCUT2D eigenvalue weighted by Crippen LogP contribution is -2.21. The van der Waals surface area contributed by atoms with E-state index in [1.165, 1.54) is 17.7 Å². The Morgan fingerprint density at radius 2 is 2.20 bits per heavy atom. The van der Waals surface area contributed by atoms with Crippen LogP contribution in [0.1, 0.15) is 17.7 Å². The zero-order chi connectivity index (χ0) is 10.7. The van der Waals surface area contributed by atoms with Crippen molar-refractivity contribution in [2.24, 2.45) is 0 Å². The third kappa shape index (κ3) is 2.45. The van der Waals surface area contributed by atoms with Gasteiger partial charge in [0.05, 0.1) is 0 Å². The van der Waals surface area contributed by atoms with Crippen LogP contribution in [0, 0.1) is 0 Å². The highest BCUT2D eigenvalue weighted by Gasteiger charge is 2.16. The van der Waals surface area contributed by atoms with Crippen molar-refractivity contribution in [1.82, 2.24) is 14.9 Å². The summed E-state index contributed by atoms with van der Waals surface area (Å²) >= 11 is 0. The standard InChI is InChI=1S/C11H18N4/c1-15(2)7-6-12-11-9-4-3-5-10(9)13-8-14-11/h8H,3-7H2,1-2H3,(H,12,13,14). The van der Waals surface area contributed by atoms with Crippen molar-refractivity contribution in [2.75, 3.05) is 32.5 Å². The van der Waals surface area contributed by atoms with Gasteiger partial charge in [0, 0.05) is 24.3 Å². The molecule has 1 aliphatic carbocycles. The first-order chi connectivity index (χ1) is 7.27. The van der Waals surface area contributed by atoms with E-state index in [4.69, 9.17) is 0 Å². The van der Waals surface area contributed by atoms with Crippen molar-refractivity contribution >= 4 is 5.82 Å². The van der Waals surface area contributed by atoms with E-state index >= 15 is 0 Å². The average molecular weight is 206 g/mol. The molecule has 4 heteroatoms. The van der Waals surface area contributed by atoms with Crippen LogP contribution in [0.5, 0.6) is 0 Å². The fourth-order valence-electron chi connectivity index (χ4n) is 1.91. The highest BCUT2D eigenvalue weighted by Crippen LogP contribution is 2.24. The molecule has 0 atom stereocenters. The second kappa shape index (κ2) is 4.57. The summed E-state index contributed by atoms with van der Waals surface area (Å²) in [6, 6.07) is 0. The molecule has 1 heterocycles. The molecule has 0 bridgehead atoms. The van der Waals surface area contributed by atoms with Gasteiger partial charge in [-0.2, -0.15) is 0 Å². The second-order valence-corrected chi connectivity index (χ2v) is 4.23. The maximum absolute atomic E-state index is 4.31. The smallest absolute Gasteiger partial charge is 0.132 e. The predicted molar refractivity (Wildman–Crippen MR) is 61.1 cm³/mol. The third-order valence-corrected chi connectivity index (χ3v) is 2.73. The molecular formula is C11H18N4. The van der Waals surface area contributed by atoms with Crippen molar-refractivity contribution in [3.05, 3.63) is 17.6 Å². The summed E-state index contributed by atoms with van der Waals surface area (Å²) in [6.07, 6.45) is 5.12. The quantitative estimate of drug-likeness (QED) is 0.796. The minimum Gasteiger partial charge on any atom is -0.368 e. The highest BCUT2D eigenvalue weighted by molar-refractivity contribution is 5.47. The Balaban J connectivity index is 2.00. The van der Waals surface area contributed by atoms with Crippen molar-refractivity contribution in [3.63, 3.8) is 0 Å². The number of aryl methyl sites for hydroxylation is 1. The molecule has 0 radical (unpaired) electrons. The van der Waals surface area contributed by atoms with Crippen LogP contribution in [0.4, 0.5) is 5.82 Å². The van der Waals surface area contributed by atoms with Gasteiger partial charge in [0.15, 0.2) is 0 Å². The van der Waals surface area contributed by atoms with E-state index in [9.17, 15) is 0 Å². The third-order valence-electron chi connectivity index (χ3n) is 2.73. The molecule has 2 rings (SSSR count). The van der Waals surface area contributed by atoms with Crippen LogP contribution in [-0.4, -0.2) is 42.1 Å². The number of fused-ring (bicyclic) bond motifs is 1. The van der Waals surface area contributed by atoms with Gasteiger partial charge in [-0.05, 0) is 33.4 Å². The number of anilines is 1. The lowest BCUT2D eigenvalue weighted by atomic mass is 10.2. The van der Waals surface area contributed by atoms with Crippen molar-refractivity contribution in [2.45, 2.75) is 19.3 Å². The summed E-state index contributed by atoms with van der Waals surface area (Å²) in [6.45, 7) is 1.97. The van der Waals surface area contributed by atoms with Crippen LogP contribution in [0.15, 0.2) is 6.33 Å². The van der Waals surface area contributed by atoms with Crippen LogP contribution in [0.25, 0.3) is 0 Å². The molecule has 1 aromatic rings. The first-order valence-electron chi connectivity index (χ1n) is 5.48. The summed E-state index contributed by atoms with van der Waals surface area (Å²) < 4.78 is 0. The summed E-state index contributed by atoms with van der Waals surface area (Å²) in [5.41, 5.74) is 2.56. The van der Waals surface area contributed by atoms with Crippen molar-refractivity contribution in [1.29, 1.82) is 0 Å². The Hall–Kier alpha value is -1.16. The molecule has 0 fully saturated rings. The van der Waals surface area contributed by atoms with E-state index in [1.807, 2.05) is 0 Å². The fourth-order valence-corrected chi connectivity index (χ4v) is 1.91. The summed E-state index contributed by atoms with van der Waals surface area (Å²) in [5, 5.41) is 3.38. The summed E-state index contributed by atoms with van der Waals surface area (Å²) in [5.74, 6) is 1.04. The Morgan fingerprint density at radius 1 is 1.33 bits per heavy atom. The van der Waals surface area contributed by atoms with E-state index in [0.717, 1.165) is 31.7 Å². The first-order valence-corrected chi connectivity index (χ1v) is 5.48. The molecule has 1 N–H and O–H groups in total. The number of hydrogen-bond donors (Lipinski definition) is 1. The van der Waals surface area contributed by atoms with Gasteiger partial charge in [0.2, 0.25) is 0 Å². The molecule has 0 spiro atoms. The number of hydrogen-bond acceptors (Lipinski definition) is 4. The molecule has 1 aromatic heterocycles. The molecule has 0 saturated heterocycles. The predicted octanol–water partition coefficient (Wildman–Crippen LogP) is 0.939. The maximum atomic E-state index is 4.31. The lowest BCUT2D eigenvalue weighted by Gasteiger charge is -2.12. The minimum atomic E-state index is 0.941. The van der Waals surface area contributed by atoms with Crippen molar-refractivity contribution in [3.8, 4) is 0 Å². The van der Waals surface area contributed by atoms with Crippen LogP contribution in [0.2, 0.25) is 0 Å². The van der Waals surface area contributed by atoms with Crippen LogP contribution >= 0.6 is 0 Å². The zero-order valence-electron chi connectivity index (χ0n) is 9.45. The summed E-state index contributed by atoms with van der Waals surface area (Å²) in [4.78, 5) is 10.8. The topological polar surface area (TPSA) is 41.0 Å². The molecule has 0 aliphatic heterocycles. The number of rotatable bonds is 4. The van der Waals surface area contributed by atoms with Crippen LogP contribution in [-0.2, 0) is 12.8 Å².